The van der Waals surface area contributed by atoms with Gasteiger partial charge in [0.15, 0.2) is 0 Å². The van der Waals surface area contributed by atoms with E-state index < -0.39 is 8.80 Å². The van der Waals surface area contributed by atoms with E-state index in [1.807, 2.05) is 0 Å². The Bertz CT molecular complexity index is 454. The fourth-order valence-corrected chi connectivity index (χ4v) is 8.14. The predicted octanol–water partition coefficient (Wildman–Crippen LogP) is 5.89. The summed E-state index contributed by atoms with van der Waals surface area (Å²) >= 11 is 3.41. The number of rotatable bonds is 5. The summed E-state index contributed by atoms with van der Waals surface area (Å²) in [5.74, 6) is 0.584. The van der Waals surface area contributed by atoms with E-state index in [0.717, 1.165) is 27.5 Å². The molecule has 0 spiro atoms. The molecule has 0 unspecified atom stereocenters. The first kappa shape index (κ1) is 15.5. The summed E-state index contributed by atoms with van der Waals surface area (Å²) in [6.07, 6.45) is 12.2. The number of benzene rings is 1. The van der Waals surface area contributed by atoms with Crippen LogP contribution in [0, 0.1) is 5.82 Å². The van der Waals surface area contributed by atoms with Gasteiger partial charge in [-0.25, -0.2) is 4.39 Å². The van der Waals surface area contributed by atoms with Crippen molar-refractivity contribution in [2.45, 2.75) is 62.4 Å². The largest absolute Gasteiger partial charge is 0.496 e. The van der Waals surface area contributed by atoms with Crippen LogP contribution in [0.15, 0.2) is 22.7 Å². The Labute approximate surface area is 137 Å². The van der Waals surface area contributed by atoms with Gasteiger partial charge in [0.1, 0.15) is 20.4 Å². The van der Waals surface area contributed by atoms with Crippen LogP contribution in [0.5, 0.6) is 5.75 Å². The van der Waals surface area contributed by atoms with Crippen LogP contribution < -0.4 is 4.74 Å². The molecule has 4 heteroatoms. The minimum absolute atomic E-state index is 0.216. The molecule has 3 rings (SSSR count). The van der Waals surface area contributed by atoms with Gasteiger partial charge in [-0.2, -0.15) is 0 Å². The highest BCUT2D eigenvalue weighted by molar-refractivity contribution is 9.10. The molecular formula is C17H23BrFOSi. The van der Waals surface area contributed by atoms with Gasteiger partial charge in [-0.05, 0) is 45.2 Å². The highest BCUT2D eigenvalue weighted by Gasteiger charge is 2.35. The van der Waals surface area contributed by atoms with Gasteiger partial charge < -0.3 is 4.74 Å². The van der Waals surface area contributed by atoms with Gasteiger partial charge in [-0.1, -0.05) is 51.4 Å². The van der Waals surface area contributed by atoms with Crippen molar-refractivity contribution < 1.29 is 9.13 Å². The predicted molar refractivity (Wildman–Crippen MR) is 89.8 cm³/mol. The smallest absolute Gasteiger partial charge is 0.133 e. The van der Waals surface area contributed by atoms with Crippen molar-refractivity contribution in [3.8, 4) is 5.75 Å². The molecule has 2 fully saturated rings. The van der Waals surface area contributed by atoms with Crippen molar-refractivity contribution in [2.24, 2.45) is 0 Å². The van der Waals surface area contributed by atoms with E-state index in [1.54, 1.807) is 6.07 Å². The van der Waals surface area contributed by atoms with Gasteiger partial charge in [0.25, 0.3) is 0 Å². The van der Waals surface area contributed by atoms with Crippen molar-refractivity contribution in [1.29, 1.82) is 0 Å². The Kier molecular flexibility index (Phi) is 5.38. The summed E-state index contributed by atoms with van der Waals surface area (Å²) in [7, 11) is -0.461. The Hall–Kier alpha value is -0.353. The van der Waals surface area contributed by atoms with E-state index in [0.29, 0.717) is 0 Å². The maximum atomic E-state index is 13.2. The summed E-state index contributed by atoms with van der Waals surface area (Å²) in [4.78, 5) is 0. The van der Waals surface area contributed by atoms with Crippen LogP contribution in [0.25, 0.3) is 0 Å². The number of halogens is 2. The molecule has 1 radical (unpaired) electrons. The standard InChI is InChI=1S/C17H23BrFOSi/c18-16-11-13(19)9-10-17(16)20-12-21(14-5-1-2-6-14)15-7-3-4-8-15/h9-11,14-15H,1-8,12H2. The first-order valence-corrected chi connectivity index (χ1v) is 10.8. The Morgan fingerprint density at radius 1 is 1.05 bits per heavy atom. The molecule has 2 aliphatic rings. The first-order chi connectivity index (χ1) is 10.2. The van der Waals surface area contributed by atoms with E-state index in [1.165, 1.54) is 63.5 Å². The maximum Gasteiger partial charge on any atom is 0.133 e. The summed E-state index contributed by atoms with van der Waals surface area (Å²) in [6, 6.07) is 4.73. The quantitative estimate of drug-likeness (QED) is 0.587. The van der Waals surface area contributed by atoms with Gasteiger partial charge in [-0.3, -0.25) is 0 Å². The monoisotopic (exact) mass is 369 g/mol. The number of ether oxygens (including phenoxy) is 1. The molecule has 0 atom stereocenters. The molecule has 21 heavy (non-hydrogen) atoms. The van der Waals surface area contributed by atoms with Crippen LogP contribution in [0.3, 0.4) is 0 Å². The summed E-state index contributed by atoms with van der Waals surface area (Å²) in [5.41, 5.74) is 1.88. The molecule has 0 aromatic heterocycles. The van der Waals surface area contributed by atoms with Crippen LogP contribution in [0.4, 0.5) is 4.39 Å². The Morgan fingerprint density at radius 3 is 2.14 bits per heavy atom. The van der Waals surface area contributed by atoms with Crippen molar-refractivity contribution in [3.05, 3.63) is 28.5 Å². The van der Waals surface area contributed by atoms with E-state index in [-0.39, 0.29) is 5.82 Å². The maximum absolute atomic E-state index is 13.2. The average molecular weight is 370 g/mol. The van der Waals surface area contributed by atoms with E-state index >= 15 is 0 Å². The zero-order chi connectivity index (χ0) is 14.7. The van der Waals surface area contributed by atoms with E-state index in [9.17, 15) is 4.39 Å². The lowest BCUT2D eigenvalue weighted by atomic mass is 10.3. The molecule has 1 nitrogen and oxygen atoms in total. The van der Waals surface area contributed by atoms with Crippen LogP contribution >= 0.6 is 15.9 Å². The van der Waals surface area contributed by atoms with Gasteiger partial charge in [0.2, 0.25) is 0 Å². The van der Waals surface area contributed by atoms with Crippen molar-refractivity contribution in [2.75, 3.05) is 6.23 Å². The fourth-order valence-electron chi connectivity index (χ4n) is 3.92. The zero-order valence-corrected chi connectivity index (χ0v) is 15.0. The SMILES string of the molecule is Fc1ccc(OC[Si](C2CCCC2)C2CCCC2)c(Br)c1. The van der Waals surface area contributed by atoms with Gasteiger partial charge >= 0.3 is 0 Å². The minimum atomic E-state index is -0.461. The molecule has 0 amide bonds. The molecule has 0 bridgehead atoms. The molecule has 0 saturated heterocycles. The van der Waals surface area contributed by atoms with Crippen LogP contribution in [0.1, 0.15) is 51.4 Å². The van der Waals surface area contributed by atoms with Crippen LogP contribution in [0.2, 0.25) is 11.1 Å². The zero-order valence-electron chi connectivity index (χ0n) is 12.4. The lowest BCUT2D eigenvalue weighted by Gasteiger charge is -2.27. The third kappa shape index (κ3) is 3.89. The average Bonchev–Trinajstić information content (AvgIpc) is 3.14. The Morgan fingerprint density at radius 2 is 1.62 bits per heavy atom. The molecule has 2 aliphatic carbocycles. The lowest BCUT2D eigenvalue weighted by molar-refractivity contribution is 0.371. The van der Waals surface area contributed by atoms with E-state index in [4.69, 9.17) is 4.74 Å². The van der Waals surface area contributed by atoms with Gasteiger partial charge in [0, 0.05) is 0 Å². The highest BCUT2D eigenvalue weighted by Crippen LogP contribution is 2.43. The van der Waals surface area contributed by atoms with Crippen LogP contribution in [-0.4, -0.2) is 15.0 Å². The third-order valence-electron chi connectivity index (χ3n) is 5.05. The van der Waals surface area contributed by atoms with Crippen molar-refractivity contribution in [3.63, 3.8) is 0 Å². The second kappa shape index (κ2) is 7.27. The first-order valence-electron chi connectivity index (χ1n) is 8.17. The molecule has 0 aliphatic heterocycles. The summed E-state index contributed by atoms with van der Waals surface area (Å²) < 4.78 is 20.0. The normalized spacial score (nSPS) is 20.5. The topological polar surface area (TPSA) is 9.23 Å². The van der Waals surface area contributed by atoms with Gasteiger partial charge in [0.05, 0.1) is 10.7 Å². The molecule has 1 aromatic carbocycles. The molecule has 0 heterocycles. The molecular weight excluding hydrogens is 347 g/mol. The third-order valence-corrected chi connectivity index (χ3v) is 9.40. The minimum Gasteiger partial charge on any atom is -0.496 e. The molecule has 0 N–H and O–H groups in total. The van der Waals surface area contributed by atoms with Gasteiger partial charge in [-0.15, -0.1) is 0 Å². The van der Waals surface area contributed by atoms with Crippen LogP contribution in [-0.2, 0) is 0 Å². The summed E-state index contributed by atoms with van der Waals surface area (Å²) in [6.45, 7) is 0. The second-order valence-corrected chi connectivity index (χ2v) is 10.3. The number of hydrogen-bond donors (Lipinski definition) is 0. The summed E-state index contributed by atoms with van der Waals surface area (Å²) in [5, 5.41) is 0. The lowest BCUT2D eigenvalue weighted by Crippen LogP contribution is -2.32. The molecule has 1 aromatic rings. The van der Waals surface area contributed by atoms with E-state index in [2.05, 4.69) is 15.9 Å². The highest BCUT2D eigenvalue weighted by atomic mass is 79.9. The molecule has 115 valence electrons. The second-order valence-electron chi connectivity index (χ2n) is 6.40. The van der Waals surface area contributed by atoms with Crippen molar-refractivity contribution in [1.82, 2.24) is 0 Å². The number of hydrogen-bond acceptors (Lipinski definition) is 1. The Balaban J connectivity index is 1.66. The fraction of sp³-hybridized carbons (Fsp3) is 0.647. The molecule has 2 saturated carbocycles. The van der Waals surface area contributed by atoms with Crippen molar-refractivity contribution >= 4 is 24.7 Å².